The highest BCUT2D eigenvalue weighted by Crippen LogP contribution is 2.17. The summed E-state index contributed by atoms with van der Waals surface area (Å²) in [5.74, 6) is 0.765. The molecular formula is C15H18N6O. The van der Waals surface area contributed by atoms with Crippen molar-refractivity contribution in [1.82, 2.24) is 19.5 Å². The number of nitrogen functional groups attached to an aromatic ring is 1. The normalized spacial score (nSPS) is 11.0. The highest BCUT2D eigenvalue weighted by atomic mass is 16.1. The lowest BCUT2D eigenvalue weighted by molar-refractivity contribution is 0.685. The molecular weight excluding hydrogens is 280 g/mol. The van der Waals surface area contributed by atoms with E-state index in [0.717, 1.165) is 6.42 Å². The maximum atomic E-state index is 12.2. The number of imidazole rings is 1. The zero-order valence-corrected chi connectivity index (χ0v) is 12.6. The van der Waals surface area contributed by atoms with Crippen molar-refractivity contribution < 1.29 is 0 Å². The number of anilines is 2. The molecule has 0 aliphatic rings. The van der Waals surface area contributed by atoms with Crippen LogP contribution in [0.5, 0.6) is 0 Å². The van der Waals surface area contributed by atoms with Crippen LogP contribution in [0.15, 0.2) is 35.1 Å². The number of hydrogen-bond donors (Lipinski definition) is 2. The molecule has 0 atom stereocenters. The van der Waals surface area contributed by atoms with Crippen molar-refractivity contribution in [2.24, 2.45) is 0 Å². The summed E-state index contributed by atoms with van der Waals surface area (Å²) in [6.45, 7) is 0.534. The fourth-order valence-corrected chi connectivity index (χ4v) is 2.33. The van der Waals surface area contributed by atoms with Crippen molar-refractivity contribution in [3.8, 4) is 0 Å². The van der Waals surface area contributed by atoms with Crippen LogP contribution >= 0.6 is 0 Å². The van der Waals surface area contributed by atoms with Crippen LogP contribution in [0, 0.1) is 0 Å². The highest BCUT2D eigenvalue weighted by Gasteiger charge is 2.14. The lowest BCUT2D eigenvalue weighted by Crippen LogP contribution is -2.19. The van der Waals surface area contributed by atoms with Gasteiger partial charge in [0.05, 0.1) is 0 Å². The molecule has 3 rings (SSSR count). The molecule has 2 heterocycles. The van der Waals surface area contributed by atoms with Gasteiger partial charge in [-0.1, -0.05) is 30.3 Å². The van der Waals surface area contributed by atoms with Gasteiger partial charge in [0.25, 0.3) is 0 Å². The second-order valence-corrected chi connectivity index (χ2v) is 5.32. The van der Waals surface area contributed by atoms with Crippen molar-refractivity contribution in [2.75, 3.05) is 24.7 Å². The summed E-state index contributed by atoms with van der Waals surface area (Å²) in [4.78, 5) is 25.3. The number of nitrogens with one attached hydrogen (secondary N) is 1. The molecule has 3 N–H and O–H groups in total. The number of nitrogens with two attached hydrogens (primary N) is 1. The van der Waals surface area contributed by atoms with E-state index in [-0.39, 0.29) is 11.5 Å². The minimum absolute atomic E-state index is 0.220. The zero-order valence-electron chi connectivity index (χ0n) is 12.6. The molecule has 0 spiro atoms. The molecule has 2 aromatic heterocycles. The van der Waals surface area contributed by atoms with Crippen molar-refractivity contribution in [3.63, 3.8) is 0 Å². The Bertz CT molecular complexity index is 850. The van der Waals surface area contributed by atoms with Gasteiger partial charge in [-0.15, -0.1) is 0 Å². The minimum atomic E-state index is -0.220. The quantitative estimate of drug-likeness (QED) is 0.750. The standard InChI is InChI=1S/C15H18N6O/c1-20(2)14-18-12(16)11-13(19-14)21(15(22)17-11)9-8-10-6-4-3-5-7-10/h3-7H,8-9H2,1-2H3,(H,17,22)(H2,16,18,19). The number of H-pyrrole nitrogens is 1. The molecule has 114 valence electrons. The number of nitrogens with zero attached hydrogens (tertiary/aromatic N) is 4. The first-order chi connectivity index (χ1) is 10.6. The van der Waals surface area contributed by atoms with Crippen LogP contribution in [0.25, 0.3) is 11.2 Å². The van der Waals surface area contributed by atoms with E-state index in [1.165, 1.54) is 5.56 Å². The van der Waals surface area contributed by atoms with Crippen LogP contribution in [-0.2, 0) is 13.0 Å². The Morgan fingerprint density at radius 3 is 2.64 bits per heavy atom. The Morgan fingerprint density at radius 2 is 1.95 bits per heavy atom. The monoisotopic (exact) mass is 298 g/mol. The molecule has 0 fully saturated rings. The van der Waals surface area contributed by atoms with E-state index in [1.807, 2.05) is 44.4 Å². The van der Waals surface area contributed by atoms with Gasteiger partial charge in [0.15, 0.2) is 11.5 Å². The van der Waals surface area contributed by atoms with E-state index in [2.05, 4.69) is 15.0 Å². The Kier molecular flexibility index (Phi) is 3.54. The van der Waals surface area contributed by atoms with Crippen LogP contribution in [0.1, 0.15) is 5.56 Å². The van der Waals surface area contributed by atoms with Crippen LogP contribution in [0.2, 0.25) is 0 Å². The summed E-state index contributed by atoms with van der Waals surface area (Å²) < 4.78 is 1.60. The summed E-state index contributed by atoms with van der Waals surface area (Å²) in [6, 6.07) is 10.0. The molecule has 0 aliphatic heterocycles. The lowest BCUT2D eigenvalue weighted by atomic mass is 10.1. The van der Waals surface area contributed by atoms with Gasteiger partial charge in [0, 0.05) is 20.6 Å². The number of aromatic amines is 1. The number of benzene rings is 1. The van der Waals surface area contributed by atoms with E-state index in [4.69, 9.17) is 5.73 Å². The maximum absolute atomic E-state index is 12.2. The average Bonchev–Trinajstić information content (AvgIpc) is 2.82. The molecule has 22 heavy (non-hydrogen) atoms. The van der Waals surface area contributed by atoms with Gasteiger partial charge in [-0.3, -0.25) is 4.57 Å². The third kappa shape index (κ3) is 2.52. The van der Waals surface area contributed by atoms with E-state index in [0.29, 0.717) is 23.7 Å². The first-order valence-corrected chi connectivity index (χ1v) is 7.03. The number of rotatable bonds is 4. The van der Waals surface area contributed by atoms with Gasteiger partial charge in [0.2, 0.25) is 5.95 Å². The third-order valence-electron chi connectivity index (χ3n) is 3.51. The summed E-state index contributed by atoms with van der Waals surface area (Å²) in [5.41, 5.74) is 7.90. The van der Waals surface area contributed by atoms with Crippen molar-refractivity contribution in [2.45, 2.75) is 13.0 Å². The third-order valence-corrected chi connectivity index (χ3v) is 3.51. The number of aryl methyl sites for hydroxylation is 2. The lowest BCUT2D eigenvalue weighted by Gasteiger charge is -2.11. The Labute approximate surface area is 127 Å². The van der Waals surface area contributed by atoms with Crippen LogP contribution in [0.4, 0.5) is 11.8 Å². The van der Waals surface area contributed by atoms with Crippen molar-refractivity contribution >= 4 is 22.9 Å². The zero-order chi connectivity index (χ0) is 15.7. The summed E-state index contributed by atoms with van der Waals surface area (Å²) in [7, 11) is 3.67. The van der Waals surface area contributed by atoms with Crippen LogP contribution < -0.4 is 16.3 Å². The minimum Gasteiger partial charge on any atom is -0.382 e. The van der Waals surface area contributed by atoms with Gasteiger partial charge in [-0.25, -0.2) is 4.79 Å². The van der Waals surface area contributed by atoms with Crippen molar-refractivity contribution in [3.05, 3.63) is 46.4 Å². The number of aromatic nitrogens is 4. The molecule has 0 unspecified atom stereocenters. The van der Waals surface area contributed by atoms with Gasteiger partial charge >= 0.3 is 5.69 Å². The fraction of sp³-hybridized carbons (Fsp3) is 0.267. The number of fused-ring (bicyclic) bond motifs is 1. The Hall–Kier alpha value is -2.83. The molecule has 0 saturated heterocycles. The van der Waals surface area contributed by atoms with Crippen LogP contribution in [0.3, 0.4) is 0 Å². The highest BCUT2D eigenvalue weighted by molar-refractivity contribution is 5.82. The van der Waals surface area contributed by atoms with Gasteiger partial charge in [0.1, 0.15) is 5.52 Å². The molecule has 0 saturated carbocycles. The van der Waals surface area contributed by atoms with E-state index < -0.39 is 0 Å². The predicted molar refractivity (Wildman–Crippen MR) is 87.0 cm³/mol. The predicted octanol–water partition coefficient (Wildman–Crippen LogP) is 1.01. The molecule has 0 aliphatic carbocycles. The SMILES string of the molecule is CN(C)c1nc(N)c2[nH]c(=O)n(CCc3ccccc3)c2n1. The van der Waals surface area contributed by atoms with Crippen molar-refractivity contribution in [1.29, 1.82) is 0 Å². The smallest absolute Gasteiger partial charge is 0.327 e. The second kappa shape index (κ2) is 5.51. The topological polar surface area (TPSA) is 92.8 Å². The second-order valence-electron chi connectivity index (χ2n) is 5.32. The largest absolute Gasteiger partial charge is 0.382 e. The summed E-state index contributed by atoms with van der Waals surface area (Å²) >= 11 is 0. The van der Waals surface area contributed by atoms with Crippen LogP contribution in [-0.4, -0.2) is 33.6 Å². The maximum Gasteiger partial charge on any atom is 0.327 e. The van der Waals surface area contributed by atoms with E-state index in [1.54, 1.807) is 9.47 Å². The van der Waals surface area contributed by atoms with E-state index >= 15 is 0 Å². The molecule has 0 amide bonds. The Morgan fingerprint density at radius 1 is 1.23 bits per heavy atom. The molecule has 1 aromatic carbocycles. The van der Waals surface area contributed by atoms with Gasteiger partial charge < -0.3 is 15.6 Å². The molecule has 0 radical (unpaired) electrons. The Balaban J connectivity index is 2.01. The average molecular weight is 298 g/mol. The van der Waals surface area contributed by atoms with Gasteiger partial charge in [-0.2, -0.15) is 9.97 Å². The van der Waals surface area contributed by atoms with Gasteiger partial charge in [-0.05, 0) is 12.0 Å². The molecule has 7 nitrogen and oxygen atoms in total. The first kappa shape index (κ1) is 14.1. The summed E-state index contributed by atoms with van der Waals surface area (Å²) in [5, 5.41) is 0. The molecule has 7 heteroatoms. The number of hydrogen-bond acceptors (Lipinski definition) is 5. The molecule has 0 bridgehead atoms. The fourth-order valence-electron chi connectivity index (χ4n) is 2.33. The summed E-state index contributed by atoms with van der Waals surface area (Å²) in [6.07, 6.45) is 0.745. The van der Waals surface area contributed by atoms with E-state index in [9.17, 15) is 4.79 Å². The molecule has 3 aromatic rings. The first-order valence-electron chi connectivity index (χ1n) is 7.03.